The number of hydrogen-bond donors (Lipinski definition) is 0. The maximum Gasteiger partial charge on any atom is 0.123 e. The minimum Gasteiger partial charge on any atom is -0.399 e. The zero-order valence-corrected chi connectivity index (χ0v) is 10.7. The van der Waals surface area contributed by atoms with Gasteiger partial charge < -0.3 is 4.84 Å². The number of hydrogen-bond acceptors (Lipinski definition) is 3. The van der Waals surface area contributed by atoms with Crippen molar-refractivity contribution in [3.05, 3.63) is 35.6 Å². The van der Waals surface area contributed by atoms with E-state index >= 15 is 0 Å². The smallest absolute Gasteiger partial charge is 0.123 e. The summed E-state index contributed by atoms with van der Waals surface area (Å²) < 4.78 is 12.9. The second-order valence-electron chi connectivity index (χ2n) is 4.56. The molecular weight excluding hydrogens is 231 g/mol. The van der Waals surface area contributed by atoms with Crippen LogP contribution in [0.25, 0.3) is 0 Å². The van der Waals surface area contributed by atoms with E-state index in [-0.39, 0.29) is 5.82 Å². The third kappa shape index (κ3) is 3.53. The molecule has 0 radical (unpaired) electrons. The van der Waals surface area contributed by atoms with Crippen LogP contribution in [0.2, 0.25) is 0 Å². The number of nitrogens with zero attached hydrogens (tertiary/aromatic N) is 2. The van der Waals surface area contributed by atoms with E-state index in [4.69, 9.17) is 4.84 Å². The van der Waals surface area contributed by atoms with Crippen LogP contribution in [0.3, 0.4) is 0 Å². The minimum atomic E-state index is -0.228. The fourth-order valence-corrected chi connectivity index (χ4v) is 2.25. The Balaban J connectivity index is 2.08. The van der Waals surface area contributed by atoms with Gasteiger partial charge in [0.15, 0.2) is 0 Å². The van der Waals surface area contributed by atoms with Crippen LogP contribution in [0.1, 0.15) is 24.8 Å². The number of benzene rings is 1. The van der Waals surface area contributed by atoms with Crippen molar-refractivity contribution in [1.82, 2.24) is 4.90 Å². The van der Waals surface area contributed by atoms with Crippen LogP contribution in [0, 0.1) is 5.82 Å². The van der Waals surface area contributed by atoms with Crippen molar-refractivity contribution >= 4 is 5.71 Å². The fourth-order valence-electron chi connectivity index (χ4n) is 2.25. The highest BCUT2D eigenvalue weighted by Gasteiger charge is 2.14. The highest BCUT2D eigenvalue weighted by atomic mass is 19.1. The third-order valence-electron chi connectivity index (χ3n) is 3.20. The summed E-state index contributed by atoms with van der Waals surface area (Å²) in [4.78, 5) is 7.26. The molecule has 0 saturated carbocycles. The lowest BCUT2D eigenvalue weighted by Crippen LogP contribution is -2.34. The normalized spacial score (nSPS) is 17.8. The summed E-state index contributed by atoms with van der Waals surface area (Å²) in [5.74, 6) is -0.228. The summed E-state index contributed by atoms with van der Waals surface area (Å²) in [7, 11) is 1.54. The standard InChI is InChI=1S/C14H19FN2O/c1-18-16-14(11-17-9-3-2-4-10-17)12-5-7-13(15)8-6-12/h5-8H,2-4,9-11H2,1H3/b16-14-. The van der Waals surface area contributed by atoms with Crippen LogP contribution in [0.5, 0.6) is 0 Å². The summed E-state index contributed by atoms with van der Waals surface area (Å²) in [6, 6.07) is 6.40. The average Bonchev–Trinajstić information content (AvgIpc) is 2.40. The molecule has 1 aromatic carbocycles. The summed E-state index contributed by atoms with van der Waals surface area (Å²) in [5.41, 5.74) is 1.78. The van der Waals surface area contributed by atoms with Crippen molar-refractivity contribution in [3.63, 3.8) is 0 Å². The maximum absolute atomic E-state index is 12.9. The van der Waals surface area contributed by atoms with Crippen LogP contribution in [0.4, 0.5) is 4.39 Å². The third-order valence-corrected chi connectivity index (χ3v) is 3.20. The molecular formula is C14H19FN2O. The van der Waals surface area contributed by atoms with Crippen LogP contribution in [-0.4, -0.2) is 37.4 Å². The molecule has 1 fully saturated rings. The second kappa shape index (κ2) is 6.50. The van der Waals surface area contributed by atoms with Crippen LogP contribution >= 0.6 is 0 Å². The fraction of sp³-hybridized carbons (Fsp3) is 0.500. The van der Waals surface area contributed by atoms with Crippen LogP contribution in [-0.2, 0) is 4.84 Å². The van der Waals surface area contributed by atoms with E-state index < -0.39 is 0 Å². The zero-order valence-electron chi connectivity index (χ0n) is 10.7. The number of rotatable bonds is 4. The molecule has 18 heavy (non-hydrogen) atoms. The first-order valence-corrected chi connectivity index (χ1v) is 6.38. The van der Waals surface area contributed by atoms with Gasteiger partial charge in [-0.2, -0.15) is 0 Å². The van der Waals surface area contributed by atoms with Crippen molar-refractivity contribution in [2.24, 2.45) is 5.16 Å². The monoisotopic (exact) mass is 250 g/mol. The van der Waals surface area contributed by atoms with Crippen molar-refractivity contribution in [2.75, 3.05) is 26.7 Å². The molecule has 0 aliphatic carbocycles. The highest BCUT2D eigenvalue weighted by molar-refractivity contribution is 6.01. The number of likely N-dealkylation sites (tertiary alicyclic amines) is 1. The summed E-state index contributed by atoms with van der Waals surface area (Å²) in [6.45, 7) is 2.97. The average molecular weight is 250 g/mol. The molecule has 4 heteroatoms. The first kappa shape index (κ1) is 13.0. The predicted molar refractivity (Wildman–Crippen MR) is 70.2 cm³/mol. The van der Waals surface area contributed by atoms with E-state index in [9.17, 15) is 4.39 Å². The Morgan fingerprint density at radius 1 is 1.22 bits per heavy atom. The van der Waals surface area contributed by atoms with Gasteiger partial charge in [0.25, 0.3) is 0 Å². The molecule has 0 atom stereocenters. The molecule has 0 spiro atoms. The molecule has 0 bridgehead atoms. The van der Waals surface area contributed by atoms with Gasteiger partial charge >= 0.3 is 0 Å². The molecule has 98 valence electrons. The van der Waals surface area contributed by atoms with Gasteiger partial charge in [-0.25, -0.2) is 4.39 Å². The molecule has 0 N–H and O–H groups in total. The van der Waals surface area contributed by atoms with Crippen LogP contribution in [0.15, 0.2) is 29.4 Å². The number of oxime groups is 1. The molecule has 1 saturated heterocycles. The Labute approximate surface area is 107 Å². The number of halogens is 1. The molecule has 0 aromatic heterocycles. The molecule has 0 amide bonds. The van der Waals surface area contributed by atoms with E-state index in [1.54, 1.807) is 19.2 Å². The molecule has 1 aliphatic heterocycles. The molecule has 1 heterocycles. The second-order valence-corrected chi connectivity index (χ2v) is 4.56. The SMILES string of the molecule is CO/N=C(/CN1CCCCC1)c1ccc(F)cc1. The maximum atomic E-state index is 12.9. The van der Waals surface area contributed by atoms with E-state index in [0.717, 1.165) is 30.9 Å². The van der Waals surface area contributed by atoms with Crippen molar-refractivity contribution in [1.29, 1.82) is 0 Å². The van der Waals surface area contributed by atoms with Crippen molar-refractivity contribution < 1.29 is 9.23 Å². The lowest BCUT2D eigenvalue weighted by molar-refractivity contribution is 0.207. The van der Waals surface area contributed by atoms with Gasteiger partial charge in [-0.15, -0.1) is 0 Å². The van der Waals surface area contributed by atoms with E-state index in [0.29, 0.717) is 0 Å². The molecule has 1 aromatic rings. The Morgan fingerprint density at radius 3 is 2.50 bits per heavy atom. The van der Waals surface area contributed by atoms with Gasteiger partial charge in [-0.3, -0.25) is 4.90 Å². The van der Waals surface area contributed by atoms with E-state index in [1.165, 1.54) is 31.4 Å². The lowest BCUT2D eigenvalue weighted by atomic mass is 10.1. The van der Waals surface area contributed by atoms with Gasteiger partial charge in [-0.1, -0.05) is 23.7 Å². The summed E-state index contributed by atoms with van der Waals surface area (Å²) >= 11 is 0. The van der Waals surface area contributed by atoms with Crippen molar-refractivity contribution in [2.45, 2.75) is 19.3 Å². The zero-order chi connectivity index (χ0) is 12.8. The summed E-state index contributed by atoms with van der Waals surface area (Å²) in [6.07, 6.45) is 3.79. The quantitative estimate of drug-likeness (QED) is 0.606. The van der Waals surface area contributed by atoms with Gasteiger partial charge in [0, 0.05) is 12.1 Å². The topological polar surface area (TPSA) is 24.8 Å². The van der Waals surface area contributed by atoms with E-state index in [2.05, 4.69) is 10.1 Å². The predicted octanol–water partition coefficient (Wildman–Crippen LogP) is 2.66. The first-order valence-electron chi connectivity index (χ1n) is 6.38. The first-order chi connectivity index (χ1) is 8.79. The Kier molecular flexibility index (Phi) is 4.70. The Morgan fingerprint density at radius 2 is 1.89 bits per heavy atom. The van der Waals surface area contributed by atoms with Gasteiger partial charge in [0.05, 0.1) is 0 Å². The highest BCUT2D eigenvalue weighted by Crippen LogP contribution is 2.11. The minimum absolute atomic E-state index is 0.228. The van der Waals surface area contributed by atoms with Gasteiger partial charge in [-0.05, 0) is 38.1 Å². The molecule has 2 rings (SSSR count). The van der Waals surface area contributed by atoms with Gasteiger partial charge in [0.2, 0.25) is 0 Å². The van der Waals surface area contributed by atoms with Crippen molar-refractivity contribution in [3.8, 4) is 0 Å². The largest absolute Gasteiger partial charge is 0.399 e. The number of piperidine rings is 1. The molecule has 1 aliphatic rings. The van der Waals surface area contributed by atoms with Gasteiger partial charge in [0.1, 0.15) is 18.6 Å². The summed E-state index contributed by atoms with van der Waals surface area (Å²) in [5, 5.41) is 4.07. The Bertz CT molecular complexity index is 397. The molecule has 3 nitrogen and oxygen atoms in total. The lowest BCUT2D eigenvalue weighted by Gasteiger charge is -2.26. The molecule has 0 unspecified atom stereocenters. The Hall–Kier alpha value is -1.42. The van der Waals surface area contributed by atoms with Crippen LogP contribution < -0.4 is 0 Å². The van der Waals surface area contributed by atoms with E-state index in [1.807, 2.05) is 0 Å².